The zero-order valence-corrected chi connectivity index (χ0v) is 9.96. The van der Waals surface area contributed by atoms with Gasteiger partial charge in [-0.2, -0.15) is 0 Å². The molecule has 12 heavy (non-hydrogen) atoms. The van der Waals surface area contributed by atoms with E-state index in [1.54, 1.807) is 13.8 Å². The van der Waals surface area contributed by atoms with Gasteiger partial charge in [0.1, 0.15) is 6.04 Å². The molecule has 0 aliphatic rings. The van der Waals surface area contributed by atoms with Crippen LogP contribution >= 0.6 is 0 Å². The molecule has 0 bridgehead atoms. The molecule has 2 N–H and O–H groups in total. The minimum absolute atomic E-state index is 0. The summed E-state index contributed by atoms with van der Waals surface area (Å²) in [5, 5.41) is 0. The SMILES string of the molecule is CC(=O)OC(=O)[C@@H](N)C(C)C.[H-].[Na+]. The van der Waals surface area contributed by atoms with Gasteiger partial charge in [-0.25, -0.2) is 4.79 Å². The molecule has 4 nitrogen and oxygen atoms in total. The van der Waals surface area contributed by atoms with Crippen molar-refractivity contribution in [1.29, 1.82) is 0 Å². The van der Waals surface area contributed by atoms with Gasteiger partial charge < -0.3 is 11.9 Å². The molecule has 1 atom stereocenters. The Kier molecular flexibility index (Phi) is 8.04. The summed E-state index contributed by atoms with van der Waals surface area (Å²) in [7, 11) is 0. The standard InChI is InChI=1S/C7H13NO3.Na.H/c1-4(2)6(8)7(10)11-5(3)9;;/h4,6H,8H2,1-3H3;;/q;+1;-1/t6-;;/m0../s1. The second-order valence-corrected chi connectivity index (χ2v) is 2.68. The first-order chi connectivity index (χ1) is 4.95. The molecule has 0 saturated carbocycles. The molecule has 0 heterocycles. The quantitative estimate of drug-likeness (QED) is 0.285. The third kappa shape index (κ3) is 5.71. The first kappa shape index (κ1) is 14.6. The van der Waals surface area contributed by atoms with Crippen molar-refractivity contribution in [2.45, 2.75) is 26.8 Å². The van der Waals surface area contributed by atoms with Crippen LogP contribution in [0.4, 0.5) is 0 Å². The number of hydrogen-bond acceptors (Lipinski definition) is 4. The van der Waals surface area contributed by atoms with Crippen molar-refractivity contribution in [2.75, 3.05) is 0 Å². The normalized spacial score (nSPS) is 11.8. The van der Waals surface area contributed by atoms with Crippen molar-refractivity contribution in [1.82, 2.24) is 0 Å². The monoisotopic (exact) mass is 183 g/mol. The van der Waals surface area contributed by atoms with Crippen LogP contribution in [-0.2, 0) is 14.3 Å². The molecule has 0 aromatic carbocycles. The van der Waals surface area contributed by atoms with Gasteiger partial charge in [0, 0.05) is 6.92 Å². The molecule has 0 radical (unpaired) electrons. The van der Waals surface area contributed by atoms with Gasteiger partial charge >= 0.3 is 41.5 Å². The van der Waals surface area contributed by atoms with Gasteiger partial charge in [0.25, 0.3) is 0 Å². The summed E-state index contributed by atoms with van der Waals surface area (Å²) in [5.74, 6) is -1.29. The Hall–Kier alpha value is 0.1000. The van der Waals surface area contributed by atoms with Crippen molar-refractivity contribution in [3.63, 3.8) is 0 Å². The van der Waals surface area contributed by atoms with E-state index >= 15 is 0 Å². The molecule has 5 heteroatoms. The number of hydrogen-bond donors (Lipinski definition) is 1. The van der Waals surface area contributed by atoms with Crippen molar-refractivity contribution >= 4 is 11.9 Å². The Labute approximate surface area is 95.6 Å². The van der Waals surface area contributed by atoms with Crippen LogP contribution in [-0.4, -0.2) is 18.0 Å². The first-order valence-corrected chi connectivity index (χ1v) is 3.43. The molecule has 0 fully saturated rings. The Morgan fingerprint density at radius 3 is 2.08 bits per heavy atom. The van der Waals surface area contributed by atoms with Gasteiger partial charge in [0.05, 0.1) is 0 Å². The van der Waals surface area contributed by atoms with Gasteiger partial charge in [-0.3, -0.25) is 4.79 Å². The van der Waals surface area contributed by atoms with Crippen LogP contribution in [0.1, 0.15) is 22.2 Å². The molecule has 0 aliphatic carbocycles. The van der Waals surface area contributed by atoms with Crippen LogP contribution in [0.2, 0.25) is 0 Å². The molecule has 0 saturated heterocycles. The fourth-order valence-corrected chi connectivity index (χ4v) is 0.482. The van der Waals surface area contributed by atoms with E-state index in [-0.39, 0.29) is 36.9 Å². The van der Waals surface area contributed by atoms with Crippen LogP contribution in [0.5, 0.6) is 0 Å². The van der Waals surface area contributed by atoms with Gasteiger partial charge in [-0.15, -0.1) is 0 Å². The maximum Gasteiger partial charge on any atom is 1.00 e. The van der Waals surface area contributed by atoms with E-state index in [9.17, 15) is 9.59 Å². The molecule has 66 valence electrons. The summed E-state index contributed by atoms with van der Waals surface area (Å²) in [6.45, 7) is 4.74. The predicted octanol–water partition coefficient (Wildman–Crippen LogP) is -2.82. The first-order valence-electron chi connectivity index (χ1n) is 3.43. The minimum atomic E-state index is -0.709. The number of rotatable bonds is 2. The largest absolute Gasteiger partial charge is 1.00 e. The molecule has 0 aliphatic heterocycles. The zero-order chi connectivity index (χ0) is 9.02. The number of nitrogens with two attached hydrogens (primary N) is 1. The van der Waals surface area contributed by atoms with E-state index in [2.05, 4.69) is 4.74 Å². The number of carbonyl (C=O) groups is 2. The summed E-state index contributed by atoms with van der Waals surface area (Å²) < 4.78 is 4.27. The average Bonchev–Trinajstić information content (AvgIpc) is 1.84. The fourth-order valence-electron chi connectivity index (χ4n) is 0.482. The molecule has 0 aromatic heterocycles. The number of carbonyl (C=O) groups excluding carboxylic acids is 2. The second-order valence-electron chi connectivity index (χ2n) is 2.68. The molecule has 0 aromatic rings. The van der Waals surface area contributed by atoms with Crippen LogP contribution in [0.25, 0.3) is 0 Å². The summed E-state index contributed by atoms with van der Waals surface area (Å²) in [5.41, 5.74) is 5.38. The topological polar surface area (TPSA) is 69.4 Å². The fraction of sp³-hybridized carbons (Fsp3) is 0.714. The molecule has 0 rings (SSSR count). The molecule has 0 amide bonds. The summed E-state index contributed by atoms with van der Waals surface area (Å²) in [6.07, 6.45) is 0. The van der Waals surface area contributed by atoms with Crippen molar-refractivity contribution < 1.29 is 45.3 Å². The maximum absolute atomic E-state index is 10.8. The molecule has 0 unspecified atom stereocenters. The predicted molar refractivity (Wildman–Crippen MR) is 40.7 cm³/mol. The average molecular weight is 183 g/mol. The smallest absolute Gasteiger partial charge is 1.00 e. The summed E-state index contributed by atoms with van der Waals surface area (Å²) in [4.78, 5) is 21.1. The van der Waals surface area contributed by atoms with E-state index in [0.29, 0.717) is 0 Å². The minimum Gasteiger partial charge on any atom is -1.00 e. The zero-order valence-electron chi connectivity index (χ0n) is 8.96. The second kappa shape index (κ2) is 6.60. The maximum atomic E-state index is 10.8. The number of esters is 2. The van der Waals surface area contributed by atoms with Gasteiger partial charge in [-0.05, 0) is 5.92 Å². The van der Waals surface area contributed by atoms with Crippen LogP contribution in [0, 0.1) is 5.92 Å². The molecular formula is C7H14NNaO3. The van der Waals surface area contributed by atoms with E-state index in [4.69, 9.17) is 5.73 Å². The summed E-state index contributed by atoms with van der Waals surface area (Å²) in [6, 6.07) is -0.709. The molecular weight excluding hydrogens is 169 g/mol. The van der Waals surface area contributed by atoms with Crippen molar-refractivity contribution in [2.24, 2.45) is 11.7 Å². The van der Waals surface area contributed by atoms with E-state index < -0.39 is 18.0 Å². The van der Waals surface area contributed by atoms with E-state index in [1.165, 1.54) is 6.92 Å². The third-order valence-electron chi connectivity index (χ3n) is 1.23. The Balaban J connectivity index is -0.000000500. The van der Waals surface area contributed by atoms with Crippen LogP contribution in [0.15, 0.2) is 0 Å². The van der Waals surface area contributed by atoms with Gasteiger partial charge in [0.2, 0.25) is 0 Å². The Morgan fingerprint density at radius 2 is 1.83 bits per heavy atom. The Morgan fingerprint density at radius 1 is 1.42 bits per heavy atom. The van der Waals surface area contributed by atoms with Crippen LogP contribution in [0.3, 0.4) is 0 Å². The molecule has 0 spiro atoms. The van der Waals surface area contributed by atoms with Crippen molar-refractivity contribution in [3.8, 4) is 0 Å². The van der Waals surface area contributed by atoms with Gasteiger partial charge in [0.15, 0.2) is 0 Å². The van der Waals surface area contributed by atoms with Crippen LogP contribution < -0.4 is 35.3 Å². The summed E-state index contributed by atoms with van der Waals surface area (Å²) >= 11 is 0. The van der Waals surface area contributed by atoms with Gasteiger partial charge in [-0.1, -0.05) is 13.8 Å². The third-order valence-corrected chi connectivity index (χ3v) is 1.23. The van der Waals surface area contributed by atoms with E-state index in [0.717, 1.165) is 0 Å². The van der Waals surface area contributed by atoms with E-state index in [1.807, 2.05) is 0 Å². The van der Waals surface area contributed by atoms with Crippen molar-refractivity contribution in [3.05, 3.63) is 0 Å². The number of ether oxygens (including phenoxy) is 1. The Bertz CT molecular complexity index is 175.